The number of ketones is 2. The van der Waals surface area contributed by atoms with Gasteiger partial charge in [-0.2, -0.15) is 0 Å². The highest BCUT2D eigenvalue weighted by atomic mass is 16.5. The summed E-state index contributed by atoms with van der Waals surface area (Å²) in [5.41, 5.74) is -0.109. The summed E-state index contributed by atoms with van der Waals surface area (Å²) < 4.78 is 23.9. The quantitative estimate of drug-likeness (QED) is 0.164. The number of esters is 2. The second-order valence-corrected chi connectivity index (χ2v) is 15.7. The van der Waals surface area contributed by atoms with E-state index in [1.807, 2.05) is 39.8 Å². The smallest absolute Gasteiger partial charge is 0.331 e. The van der Waals surface area contributed by atoms with E-state index in [-0.39, 0.29) is 53.5 Å². The summed E-state index contributed by atoms with van der Waals surface area (Å²) >= 11 is 0. The minimum absolute atomic E-state index is 0.0427. The van der Waals surface area contributed by atoms with Gasteiger partial charge in [0.15, 0.2) is 11.2 Å². The summed E-state index contributed by atoms with van der Waals surface area (Å²) in [6, 6.07) is 0. The van der Waals surface area contributed by atoms with Gasteiger partial charge in [-0.3, -0.25) is 9.59 Å². The predicted octanol–water partition coefficient (Wildman–Crippen LogP) is 7.75. The van der Waals surface area contributed by atoms with E-state index in [0.29, 0.717) is 37.0 Å². The fraction of sp³-hybridized carbons (Fsp3) is 0.600. The highest BCUT2D eigenvalue weighted by Crippen LogP contribution is 2.59. The topological polar surface area (TPSA) is 105 Å². The number of Topliss-reactive ketones (excluding diaryl/α,β-unsaturated/α-hetero) is 1. The summed E-state index contributed by atoms with van der Waals surface area (Å²) in [6.07, 6.45) is 18.2. The van der Waals surface area contributed by atoms with E-state index < -0.39 is 16.6 Å². The lowest BCUT2D eigenvalue weighted by Crippen LogP contribution is -2.39. The molecule has 0 fully saturated rings. The number of allylic oxidation sites excluding steroid dienone is 4. The van der Waals surface area contributed by atoms with Gasteiger partial charge in [0, 0.05) is 37.0 Å². The maximum Gasteiger partial charge on any atom is 0.331 e. The number of hydrogen-bond donors (Lipinski definition) is 0. The lowest BCUT2D eigenvalue weighted by atomic mass is 9.62. The van der Waals surface area contributed by atoms with E-state index in [0.717, 1.165) is 42.6 Å². The van der Waals surface area contributed by atoms with Crippen LogP contribution < -0.4 is 0 Å². The number of carbonyl (C=O) groups excluding carboxylic acids is 4. The van der Waals surface area contributed by atoms with Crippen molar-refractivity contribution < 1.29 is 38.1 Å². The highest BCUT2D eigenvalue weighted by Gasteiger charge is 2.58. The molecule has 0 spiro atoms. The second kappa shape index (κ2) is 13.7. The lowest BCUT2D eigenvalue weighted by Gasteiger charge is -2.41. The van der Waals surface area contributed by atoms with Crippen molar-refractivity contribution in [1.29, 1.82) is 0 Å². The van der Waals surface area contributed by atoms with Crippen LogP contribution in [0, 0.1) is 23.2 Å². The van der Waals surface area contributed by atoms with E-state index in [1.54, 1.807) is 26.0 Å². The highest BCUT2D eigenvalue weighted by molar-refractivity contribution is 6.06. The molecule has 0 aromatic carbocycles. The van der Waals surface area contributed by atoms with Crippen molar-refractivity contribution in [1.82, 2.24) is 0 Å². The molecule has 1 aliphatic carbocycles. The molecule has 0 amide bonds. The summed E-state index contributed by atoms with van der Waals surface area (Å²) in [5.74, 6) is 0.990. The first-order valence-corrected chi connectivity index (χ1v) is 17.6. The molecule has 260 valence electrons. The summed E-state index contributed by atoms with van der Waals surface area (Å²) in [5, 5.41) is 0. The Hall–Kier alpha value is -3.68. The van der Waals surface area contributed by atoms with Gasteiger partial charge < -0.3 is 18.9 Å². The Morgan fingerprint density at radius 1 is 0.792 bits per heavy atom. The number of hydrogen-bond acceptors (Lipinski definition) is 8. The zero-order chi connectivity index (χ0) is 35.0. The molecule has 0 saturated heterocycles. The maximum absolute atomic E-state index is 14.3. The van der Waals surface area contributed by atoms with E-state index in [1.165, 1.54) is 6.08 Å². The Balaban J connectivity index is 1.37. The van der Waals surface area contributed by atoms with Gasteiger partial charge in [-0.15, -0.1) is 0 Å². The first-order valence-electron chi connectivity index (χ1n) is 17.6. The molecular formula is C40H52O8. The fourth-order valence-electron chi connectivity index (χ4n) is 7.56. The van der Waals surface area contributed by atoms with Crippen LogP contribution in [-0.2, 0) is 38.1 Å². The second-order valence-electron chi connectivity index (χ2n) is 15.7. The van der Waals surface area contributed by atoms with Gasteiger partial charge in [0.05, 0.1) is 11.0 Å². The van der Waals surface area contributed by atoms with Gasteiger partial charge in [-0.05, 0) is 104 Å². The van der Waals surface area contributed by atoms with Gasteiger partial charge in [-0.1, -0.05) is 37.1 Å². The zero-order valence-electron chi connectivity index (χ0n) is 29.9. The van der Waals surface area contributed by atoms with Crippen LogP contribution in [0.3, 0.4) is 0 Å². The number of ether oxygens (including phenoxy) is 4. The van der Waals surface area contributed by atoms with Crippen molar-refractivity contribution in [3.8, 4) is 0 Å². The number of cyclic esters (lactones) is 2. The number of carbonyl (C=O) groups is 4. The molecule has 0 N–H and O–H groups in total. The summed E-state index contributed by atoms with van der Waals surface area (Å²) in [6.45, 7) is 15.4. The molecule has 8 nitrogen and oxygen atoms in total. The maximum atomic E-state index is 14.3. The minimum Gasteiger partial charge on any atom is -0.483 e. The monoisotopic (exact) mass is 660 g/mol. The van der Waals surface area contributed by atoms with Gasteiger partial charge in [0.1, 0.15) is 23.7 Å². The van der Waals surface area contributed by atoms with Crippen LogP contribution in [0.4, 0.5) is 0 Å². The normalized spacial score (nSPS) is 31.1. The Kier molecular flexibility index (Phi) is 10.1. The minimum atomic E-state index is -1.01. The molecule has 0 saturated carbocycles. The van der Waals surface area contributed by atoms with Crippen LogP contribution >= 0.6 is 0 Å². The lowest BCUT2D eigenvalue weighted by molar-refractivity contribution is -0.143. The van der Waals surface area contributed by atoms with Crippen molar-refractivity contribution in [3.63, 3.8) is 0 Å². The fourth-order valence-corrected chi connectivity index (χ4v) is 7.56. The van der Waals surface area contributed by atoms with Crippen LogP contribution in [0.5, 0.6) is 0 Å². The zero-order valence-corrected chi connectivity index (χ0v) is 29.9. The average molecular weight is 661 g/mol. The molecule has 4 heterocycles. The molecule has 2 unspecified atom stereocenters. The molecule has 0 aromatic rings. The van der Waals surface area contributed by atoms with Crippen molar-refractivity contribution in [2.75, 3.05) is 0 Å². The molecule has 4 aliphatic heterocycles. The van der Waals surface area contributed by atoms with Crippen molar-refractivity contribution in [3.05, 3.63) is 70.8 Å². The molecule has 48 heavy (non-hydrogen) atoms. The van der Waals surface area contributed by atoms with Gasteiger partial charge in [0.2, 0.25) is 11.6 Å². The Morgan fingerprint density at radius 3 is 1.88 bits per heavy atom. The van der Waals surface area contributed by atoms with Crippen LogP contribution in [-0.4, -0.2) is 46.9 Å². The summed E-state index contributed by atoms with van der Waals surface area (Å²) in [7, 11) is 0. The summed E-state index contributed by atoms with van der Waals surface area (Å²) in [4.78, 5) is 51.1. The molecule has 0 bridgehead atoms. The standard InChI is InChI=1S/C40H52O8/c1-24(10-13-29-19-26(3)21-33(42)45-29)9-12-28-16-18-40(32-23-31(41)38(5,6)47-32,35-36(28)48-39(7,8)37(35)44)17-15-25(2)11-14-30-20-27(4)22-34(43)46-30/h10-11,13-14,21-25,28-30H,9,12,15-20H2,1-8H3/b13-10+,14-11+/t24?,25?,28-,29-,30-,40+/m1/s1. The Bertz CT molecular complexity index is 1530. The van der Waals surface area contributed by atoms with Crippen LogP contribution in [0.25, 0.3) is 0 Å². The molecule has 0 radical (unpaired) electrons. The van der Waals surface area contributed by atoms with Gasteiger partial charge in [0.25, 0.3) is 0 Å². The van der Waals surface area contributed by atoms with Crippen LogP contribution in [0.1, 0.15) is 107 Å². The van der Waals surface area contributed by atoms with E-state index in [4.69, 9.17) is 18.9 Å². The third kappa shape index (κ3) is 7.63. The van der Waals surface area contributed by atoms with Crippen molar-refractivity contribution in [2.24, 2.45) is 23.2 Å². The SMILES string of the molecule is CC1=CC(=O)O[C@H](/C=C/C(C)CC[C@@H]2CC[C@@](CCC(C)/C=C/[C@@H]3CC(C)=CC(=O)O3)(C3=CC(=O)C(C)(C)O3)C3=C2OC(C)(C)C3=O)C1. The molecular weight excluding hydrogens is 608 g/mol. The van der Waals surface area contributed by atoms with E-state index in [2.05, 4.69) is 26.0 Å². The van der Waals surface area contributed by atoms with E-state index in [9.17, 15) is 19.2 Å². The van der Waals surface area contributed by atoms with Crippen molar-refractivity contribution >= 4 is 23.5 Å². The first-order chi connectivity index (χ1) is 22.5. The molecule has 5 rings (SSSR count). The largest absolute Gasteiger partial charge is 0.483 e. The molecule has 8 heteroatoms. The van der Waals surface area contributed by atoms with Crippen LogP contribution in [0.2, 0.25) is 0 Å². The van der Waals surface area contributed by atoms with Gasteiger partial charge >= 0.3 is 11.9 Å². The van der Waals surface area contributed by atoms with E-state index >= 15 is 0 Å². The predicted molar refractivity (Wildman–Crippen MR) is 182 cm³/mol. The number of rotatable bonds is 11. The van der Waals surface area contributed by atoms with Crippen LogP contribution in [0.15, 0.2) is 70.8 Å². The third-order valence-electron chi connectivity index (χ3n) is 10.5. The molecule has 6 atom stereocenters. The average Bonchev–Trinajstić information content (AvgIpc) is 3.41. The Morgan fingerprint density at radius 2 is 1.35 bits per heavy atom. The molecule has 0 aromatic heterocycles. The first kappa shape index (κ1) is 35.6. The van der Waals surface area contributed by atoms with Gasteiger partial charge in [-0.25, -0.2) is 9.59 Å². The third-order valence-corrected chi connectivity index (χ3v) is 10.5. The Labute approximate surface area is 285 Å². The molecule has 5 aliphatic rings. The van der Waals surface area contributed by atoms with Crippen molar-refractivity contribution in [2.45, 2.75) is 130 Å².